The van der Waals surface area contributed by atoms with Crippen molar-refractivity contribution < 1.29 is 0 Å². The minimum absolute atomic E-state index is 0.501. The van der Waals surface area contributed by atoms with Gasteiger partial charge in [-0.15, -0.1) is 0 Å². The van der Waals surface area contributed by atoms with Gasteiger partial charge in [0, 0.05) is 8.80 Å². The van der Waals surface area contributed by atoms with Gasteiger partial charge in [-0.1, -0.05) is 47.3 Å². The van der Waals surface area contributed by atoms with E-state index < -0.39 is 17.8 Å². The summed E-state index contributed by atoms with van der Waals surface area (Å²) in [6, 6.07) is 0. The van der Waals surface area contributed by atoms with Gasteiger partial charge >= 0.3 is 0 Å². The molecule has 0 aliphatic carbocycles. The Morgan fingerprint density at radius 3 is 1.62 bits per heavy atom. The Morgan fingerprint density at radius 1 is 1.00 bits per heavy atom. The molecule has 0 aromatic carbocycles. The quantitative estimate of drug-likeness (QED) is 0.640. The molecule has 1 atom stereocenters. The molecule has 0 aromatic heterocycles. The van der Waals surface area contributed by atoms with Gasteiger partial charge < -0.3 is 4.57 Å². The summed E-state index contributed by atoms with van der Waals surface area (Å²) in [5.74, 6) is 0. The molecule has 13 heavy (non-hydrogen) atoms. The molecule has 0 aromatic rings. The molecule has 0 radical (unpaired) electrons. The second-order valence-corrected chi connectivity index (χ2v) is 12.9. The molecule has 1 unspecified atom stereocenters. The SMILES string of the molecule is CCN(CC)[SiH](C)C(C)(C)[SiH](C)C. The summed E-state index contributed by atoms with van der Waals surface area (Å²) >= 11 is 0. The van der Waals surface area contributed by atoms with E-state index in [0.29, 0.717) is 4.66 Å². The van der Waals surface area contributed by atoms with Crippen LogP contribution in [-0.2, 0) is 0 Å². The molecule has 0 aliphatic rings. The van der Waals surface area contributed by atoms with Gasteiger partial charge in [0.15, 0.2) is 0 Å². The van der Waals surface area contributed by atoms with Gasteiger partial charge in [-0.25, -0.2) is 0 Å². The third kappa shape index (κ3) is 3.22. The zero-order chi connectivity index (χ0) is 10.6. The van der Waals surface area contributed by atoms with Crippen LogP contribution in [0, 0.1) is 0 Å². The Hall–Kier alpha value is 0.394. The minimum atomic E-state index is -0.689. The zero-order valence-corrected chi connectivity index (χ0v) is 12.8. The van der Waals surface area contributed by atoms with Crippen LogP contribution in [0.15, 0.2) is 0 Å². The molecule has 0 fully saturated rings. The van der Waals surface area contributed by atoms with Crippen molar-refractivity contribution in [3.8, 4) is 0 Å². The second kappa shape index (κ2) is 5.32. The van der Waals surface area contributed by atoms with Gasteiger partial charge in [-0.05, 0) is 17.8 Å². The van der Waals surface area contributed by atoms with Crippen molar-refractivity contribution >= 4 is 17.8 Å². The molecular formula is C10H27NSi2. The lowest BCUT2D eigenvalue weighted by Crippen LogP contribution is -2.48. The lowest BCUT2D eigenvalue weighted by Gasteiger charge is -2.40. The Bertz CT molecular complexity index is 142. The number of hydrogen-bond acceptors (Lipinski definition) is 1. The van der Waals surface area contributed by atoms with E-state index in [4.69, 9.17) is 0 Å². The Balaban J connectivity index is 4.45. The summed E-state index contributed by atoms with van der Waals surface area (Å²) in [4.78, 5) is 0. The van der Waals surface area contributed by atoms with Crippen LogP contribution in [0.5, 0.6) is 0 Å². The van der Waals surface area contributed by atoms with Crippen molar-refractivity contribution in [1.82, 2.24) is 4.57 Å². The summed E-state index contributed by atoms with van der Waals surface area (Å²) in [5, 5.41) is 0. The largest absolute Gasteiger partial charge is 0.327 e. The normalized spacial score (nSPS) is 15.5. The van der Waals surface area contributed by atoms with E-state index >= 15 is 0 Å². The highest BCUT2D eigenvalue weighted by Gasteiger charge is 2.34. The molecule has 0 spiro atoms. The third-order valence-corrected chi connectivity index (χ3v) is 14.3. The van der Waals surface area contributed by atoms with Crippen molar-refractivity contribution in [2.24, 2.45) is 0 Å². The Kier molecular flexibility index (Phi) is 5.48. The average Bonchev–Trinajstić information content (AvgIpc) is 2.06. The molecule has 80 valence electrons. The van der Waals surface area contributed by atoms with Gasteiger partial charge in [0.05, 0.1) is 0 Å². The smallest absolute Gasteiger partial charge is 0.111 e. The molecule has 0 amide bonds. The monoisotopic (exact) mass is 217 g/mol. The number of rotatable bonds is 5. The van der Waals surface area contributed by atoms with Crippen LogP contribution in [0.25, 0.3) is 0 Å². The maximum Gasteiger partial charge on any atom is 0.111 e. The fourth-order valence-corrected chi connectivity index (χ4v) is 8.25. The maximum atomic E-state index is 2.72. The topological polar surface area (TPSA) is 3.24 Å². The Labute approximate surface area is 87.8 Å². The summed E-state index contributed by atoms with van der Waals surface area (Å²) in [5.41, 5.74) is 0. The highest BCUT2D eigenvalue weighted by molar-refractivity contribution is 6.79. The molecular weight excluding hydrogens is 190 g/mol. The van der Waals surface area contributed by atoms with E-state index in [0.717, 1.165) is 0 Å². The molecule has 0 N–H and O–H groups in total. The van der Waals surface area contributed by atoms with Crippen molar-refractivity contribution in [2.45, 2.75) is 52.0 Å². The molecule has 0 saturated heterocycles. The zero-order valence-electron chi connectivity index (χ0n) is 10.5. The van der Waals surface area contributed by atoms with Crippen LogP contribution in [0.4, 0.5) is 0 Å². The van der Waals surface area contributed by atoms with Gasteiger partial charge in [0.2, 0.25) is 0 Å². The van der Waals surface area contributed by atoms with Gasteiger partial charge in [0.1, 0.15) is 8.96 Å². The van der Waals surface area contributed by atoms with E-state index in [1.54, 1.807) is 0 Å². The molecule has 0 rings (SSSR count). The predicted octanol–water partition coefficient (Wildman–Crippen LogP) is 2.49. The molecule has 0 saturated carbocycles. The van der Waals surface area contributed by atoms with Crippen LogP contribution in [0.3, 0.4) is 0 Å². The molecule has 1 nitrogen and oxygen atoms in total. The van der Waals surface area contributed by atoms with E-state index in [1.807, 2.05) is 0 Å². The fraction of sp³-hybridized carbons (Fsp3) is 1.00. The van der Waals surface area contributed by atoms with Crippen LogP contribution in [-0.4, -0.2) is 35.4 Å². The van der Waals surface area contributed by atoms with Gasteiger partial charge in [-0.3, -0.25) is 0 Å². The number of nitrogens with zero attached hydrogens (tertiary/aromatic N) is 1. The first kappa shape index (κ1) is 13.4. The third-order valence-electron chi connectivity index (χ3n) is 3.92. The first-order chi connectivity index (χ1) is 5.87. The van der Waals surface area contributed by atoms with Gasteiger partial charge in [-0.2, -0.15) is 0 Å². The first-order valence-corrected chi connectivity index (χ1v) is 10.7. The first-order valence-electron chi connectivity index (χ1n) is 5.61. The second-order valence-electron chi connectivity index (χ2n) is 4.87. The van der Waals surface area contributed by atoms with Crippen LogP contribution >= 0.6 is 0 Å². The minimum Gasteiger partial charge on any atom is -0.327 e. The highest BCUT2D eigenvalue weighted by atomic mass is 28.3. The number of hydrogen-bond donors (Lipinski definition) is 0. The summed E-state index contributed by atoms with van der Waals surface area (Å²) in [6.45, 7) is 19.6. The van der Waals surface area contributed by atoms with Crippen LogP contribution in [0.1, 0.15) is 27.7 Å². The van der Waals surface area contributed by atoms with Crippen LogP contribution in [0.2, 0.25) is 24.3 Å². The molecule has 0 bridgehead atoms. The van der Waals surface area contributed by atoms with E-state index in [-0.39, 0.29) is 0 Å². The summed E-state index contributed by atoms with van der Waals surface area (Å²) in [7, 11) is -1.19. The van der Waals surface area contributed by atoms with Crippen molar-refractivity contribution in [3.05, 3.63) is 0 Å². The Morgan fingerprint density at radius 2 is 1.38 bits per heavy atom. The standard InChI is InChI=1S/C10H27NSi2/c1-8-11(9-2)13(7)10(3,4)12(5)6/h12-13H,8-9H2,1-7H3. The van der Waals surface area contributed by atoms with E-state index in [2.05, 4.69) is 51.9 Å². The van der Waals surface area contributed by atoms with E-state index in [1.165, 1.54) is 13.1 Å². The molecule has 0 aliphatic heterocycles. The van der Waals surface area contributed by atoms with Crippen molar-refractivity contribution in [3.63, 3.8) is 0 Å². The maximum absolute atomic E-state index is 2.72. The summed E-state index contributed by atoms with van der Waals surface area (Å²) in [6.07, 6.45) is 0. The van der Waals surface area contributed by atoms with Crippen molar-refractivity contribution in [2.75, 3.05) is 13.1 Å². The van der Waals surface area contributed by atoms with Crippen molar-refractivity contribution in [1.29, 1.82) is 0 Å². The predicted molar refractivity (Wildman–Crippen MR) is 68.9 cm³/mol. The van der Waals surface area contributed by atoms with E-state index in [9.17, 15) is 0 Å². The highest BCUT2D eigenvalue weighted by Crippen LogP contribution is 2.33. The summed E-state index contributed by atoms with van der Waals surface area (Å²) < 4.78 is 3.40. The van der Waals surface area contributed by atoms with Gasteiger partial charge in [0.25, 0.3) is 0 Å². The lowest BCUT2D eigenvalue weighted by atomic mass is 10.5. The molecule has 0 heterocycles. The fourth-order valence-electron chi connectivity index (χ4n) is 1.72. The average molecular weight is 218 g/mol. The van der Waals surface area contributed by atoms with Crippen LogP contribution < -0.4 is 0 Å². The molecule has 3 heteroatoms. The lowest BCUT2D eigenvalue weighted by molar-refractivity contribution is 0.467.